The number of aliphatic carboxylic acids is 1. The third-order valence-electron chi connectivity index (χ3n) is 8.66. The summed E-state index contributed by atoms with van der Waals surface area (Å²) >= 11 is 0. The van der Waals surface area contributed by atoms with Gasteiger partial charge in [-0.25, -0.2) is 0 Å². The number of amides is 2. The van der Waals surface area contributed by atoms with Gasteiger partial charge in [0.2, 0.25) is 11.8 Å². The van der Waals surface area contributed by atoms with Crippen molar-refractivity contribution in [1.29, 1.82) is 0 Å². The molecule has 0 saturated heterocycles. The summed E-state index contributed by atoms with van der Waals surface area (Å²) in [7, 11) is 0. The number of hydrogen-bond acceptors (Lipinski definition) is 3. The van der Waals surface area contributed by atoms with E-state index in [1.54, 1.807) is 0 Å². The van der Waals surface area contributed by atoms with Gasteiger partial charge in [0, 0.05) is 25.9 Å². The molecular weight excluding hydrogens is 536 g/mol. The largest absolute Gasteiger partial charge is 0.481 e. The van der Waals surface area contributed by atoms with E-state index in [-0.39, 0.29) is 24.7 Å². The van der Waals surface area contributed by atoms with Crippen molar-refractivity contribution in [3.05, 3.63) is 0 Å². The number of unbranched alkanes of at least 4 members (excludes halogenated alkanes) is 22. The molecule has 0 aliphatic heterocycles. The molecule has 2 amide bonds. The highest BCUT2D eigenvalue weighted by Crippen LogP contribution is 2.15. The molecule has 2 N–H and O–H groups in total. The smallest absolute Gasteiger partial charge is 0.303 e. The van der Waals surface area contributed by atoms with Crippen molar-refractivity contribution in [3.8, 4) is 0 Å². The molecule has 0 radical (unpaired) electrons. The molecule has 6 nitrogen and oxygen atoms in total. The maximum Gasteiger partial charge on any atom is 0.303 e. The highest BCUT2D eigenvalue weighted by Gasteiger charge is 2.26. The van der Waals surface area contributed by atoms with Crippen LogP contribution in [0.3, 0.4) is 0 Å². The van der Waals surface area contributed by atoms with Crippen LogP contribution in [0.25, 0.3) is 0 Å². The van der Waals surface area contributed by atoms with E-state index in [9.17, 15) is 19.5 Å². The first kappa shape index (κ1) is 41.4. The predicted octanol–water partition coefficient (Wildman–Crippen LogP) is 10.4. The summed E-state index contributed by atoms with van der Waals surface area (Å²) in [6.07, 6.45) is 30.9. The summed E-state index contributed by atoms with van der Waals surface area (Å²) in [6, 6.07) is -0.744. The average molecular weight is 609 g/mol. The summed E-state index contributed by atoms with van der Waals surface area (Å²) in [4.78, 5) is 39.6. The Labute approximate surface area is 266 Å². The molecule has 0 fully saturated rings. The monoisotopic (exact) mass is 609 g/mol. The van der Waals surface area contributed by atoms with Crippen LogP contribution in [0.2, 0.25) is 0 Å². The van der Waals surface area contributed by atoms with Crippen LogP contribution in [-0.4, -0.2) is 46.9 Å². The normalized spacial score (nSPS) is 11.9. The van der Waals surface area contributed by atoms with Crippen molar-refractivity contribution >= 4 is 17.8 Å². The van der Waals surface area contributed by atoms with Crippen LogP contribution in [0.5, 0.6) is 0 Å². The molecule has 0 aliphatic rings. The Balaban J connectivity index is 4.44. The van der Waals surface area contributed by atoms with Gasteiger partial charge in [-0.2, -0.15) is 0 Å². The molecule has 0 aliphatic carbocycles. The predicted molar refractivity (Wildman–Crippen MR) is 182 cm³/mol. The summed E-state index contributed by atoms with van der Waals surface area (Å²) in [6.45, 7) is 8.04. The molecule has 43 heavy (non-hydrogen) atoms. The second-order valence-electron chi connectivity index (χ2n) is 12.9. The number of rotatable bonds is 33. The number of carbonyl (C=O) groups is 3. The zero-order chi connectivity index (χ0) is 31.8. The average Bonchev–Trinajstić information content (AvgIpc) is 2.99. The summed E-state index contributed by atoms with van der Waals surface area (Å²) in [5.74, 6) is -1.15. The summed E-state index contributed by atoms with van der Waals surface area (Å²) in [5, 5.41) is 12.2. The van der Waals surface area contributed by atoms with Crippen LogP contribution in [0.4, 0.5) is 0 Å². The van der Waals surface area contributed by atoms with Gasteiger partial charge in [0.05, 0.1) is 0 Å². The lowest BCUT2D eigenvalue weighted by Gasteiger charge is -2.28. The van der Waals surface area contributed by atoms with Crippen molar-refractivity contribution in [2.24, 2.45) is 0 Å². The Morgan fingerprint density at radius 2 is 0.860 bits per heavy atom. The van der Waals surface area contributed by atoms with Crippen molar-refractivity contribution in [3.63, 3.8) is 0 Å². The quantitative estimate of drug-likeness (QED) is 0.0726. The third-order valence-corrected chi connectivity index (χ3v) is 8.66. The number of carboxylic acid groups (broad SMARTS) is 1. The van der Waals surface area contributed by atoms with Crippen LogP contribution in [-0.2, 0) is 14.4 Å². The van der Waals surface area contributed by atoms with E-state index >= 15 is 0 Å². The van der Waals surface area contributed by atoms with Crippen molar-refractivity contribution < 1.29 is 19.5 Å². The Morgan fingerprint density at radius 1 is 0.512 bits per heavy atom. The van der Waals surface area contributed by atoms with Gasteiger partial charge in [-0.1, -0.05) is 162 Å². The summed E-state index contributed by atoms with van der Waals surface area (Å²) in [5.41, 5.74) is 0. The number of nitrogens with one attached hydrogen (secondary N) is 1. The molecule has 0 saturated carbocycles. The lowest BCUT2D eigenvalue weighted by Crippen LogP contribution is -2.49. The second-order valence-corrected chi connectivity index (χ2v) is 12.9. The molecule has 0 unspecified atom stereocenters. The van der Waals surface area contributed by atoms with Crippen LogP contribution in [0.15, 0.2) is 0 Å². The van der Waals surface area contributed by atoms with Gasteiger partial charge in [0.1, 0.15) is 6.04 Å². The van der Waals surface area contributed by atoms with Crippen LogP contribution >= 0.6 is 0 Å². The van der Waals surface area contributed by atoms with Crippen LogP contribution in [0.1, 0.15) is 201 Å². The molecule has 0 bridgehead atoms. The molecular formula is C37H72N2O4. The maximum atomic E-state index is 13.6. The molecule has 1 atom stereocenters. The van der Waals surface area contributed by atoms with Gasteiger partial charge in [0.15, 0.2) is 0 Å². The van der Waals surface area contributed by atoms with E-state index in [4.69, 9.17) is 0 Å². The summed E-state index contributed by atoms with van der Waals surface area (Å²) < 4.78 is 0. The molecule has 0 aromatic carbocycles. The fraction of sp³-hybridized carbons (Fsp3) is 0.919. The zero-order valence-corrected chi connectivity index (χ0v) is 28.9. The molecule has 0 aromatic heterocycles. The lowest BCUT2D eigenvalue weighted by atomic mass is 10.0. The SMILES string of the molecule is CCCCCCCCCCCCCCCCCC(=O)N[C@@H](CCC(=O)O)C(=O)N(CCCCCCC)CCCCCCC. The van der Waals surface area contributed by atoms with Gasteiger partial charge in [-0.05, 0) is 25.7 Å². The Bertz CT molecular complexity index is 641. The Hall–Kier alpha value is -1.59. The zero-order valence-electron chi connectivity index (χ0n) is 28.9. The van der Waals surface area contributed by atoms with Gasteiger partial charge in [-0.3, -0.25) is 14.4 Å². The third kappa shape index (κ3) is 27.7. The second kappa shape index (κ2) is 31.8. The van der Waals surface area contributed by atoms with Gasteiger partial charge in [-0.15, -0.1) is 0 Å². The van der Waals surface area contributed by atoms with E-state index in [0.29, 0.717) is 19.5 Å². The van der Waals surface area contributed by atoms with Crippen LogP contribution < -0.4 is 5.32 Å². The molecule has 6 heteroatoms. The topological polar surface area (TPSA) is 86.7 Å². The minimum Gasteiger partial charge on any atom is -0.481 e. The van der Waals surface area contributed by atoms with Crippen molar-refractivity contribution in [2.45, 2.75) is 207 Å². The van der Waals surface area contributed by atoms with E-state index < -0.39 is 12.0 Å². The fourth-order valence-corrected chi connectivity index (χ4v) is 5.81. The van der Waals surface area contributed by atoms with Gasteiger partial charge in [0.25, 0.3) is 0 Å². The minimum atomic E-state index is -0.930. The maximum absolute atomic E-state index is 13.6. The van der Waals surface area contributed by atoms with Crippen LogP contribution in [0, 0.1) is 0 Å². The lowest BCUT2D eigenvalue weighted by molar-refractivity contribution is -0.139. The Kier molecular flexibility index (Phi) is 30.6. The van der Waals surface area contributed by atoms with E-state index in [2.05, 4.69) is 26.1 Å². The first-order valence-corrected chi connectivity index (χ1v) is 18.8. The minimum absolute atomic E-state index is 0.0999. The standard InChI is InChI=1S/C37H72N2O4/c1-4-7-10-13-14-15-16-17-18-19-20-21-22-23-26-29-35(40)38-34(30-31-36(41)42)37(43)39(32-27-24-11-8-5-2)33-28-25-12-9-6-3/h34H,4-33H2,1-3H3,(H,38,40)(H,41,42)/t34-/m0/s1. The van der Waals surface area contributed by atoms with E-state index in [1.807, 2.05) is 4.90 Å². The van der Waals surface area contributed by atoms with Gasteiger partial charge < -0.3 is 15.3 Å². The van der Waals surface area contributed by atoms with Gasteiger partial charge >= 0.3 is 5.97 Å². The van der Waals surface area contributed by atoms with Crippen molar-refractivity contribution in [2.75, 3.05) is 13.1 Å². The van der Waals surface area contributed by atoms with Crippen molar-refractivity contribution in [1.82, 2.24) is 10.2 Å². The Morgan fingerprint density at radius 3 is 1.23 bits per heavy atom. The fourth-order valence-electron chi connectivity index (χ4n) is 5.81. The number of carbonyl (C=O) groups excluding carboxylic acids is 2. The molecule has 0 spiro atoms. The number of hydrogen-bond donors (Lipinski definition) is 2. The number of carboxylic acids is 1. The highest BCUT2D eigenvalue weighted by atomic mass is 16.4. The van der Waals surface area contributed by atoms with E-state index in [0.717, 1.165) is 44.9 Å². The first-order valence-electron chi connectivity index (χ1n) is 18.8. The molecule has 0 aromatic rings. The molecule has 0 rings (SSSR count). The highest BCUT2D eigenvalue weighted by molar-refractivity contribution is 5.88. The molecule has 0 heterocycles. The number of nitrogens with zero attached hydrogens (tertiary/aromatic N) is 1. The van der Waals surface area contributed by atoms with E-state index in [1.165, 1.54) is 116 Å². The molecule has 254 valence electrons. The first-order chi connectivity index (χ1) is 21.0.